The van der Waals surface area contributed by atoms with Crippen molar-refractivity contribution in [3.8, 4) is 0 Å². The van der Waals surface area contributed by atoms with Gasteiger partial charge in [0.2, 0.25) is 0 Å². The fraction of sp³-hybridized carbons (Fsp3) is 0. The largest absolute Gasteiger partial charge is 0.493 e. The Morgan fingerprint density at radius 3 is 1.75 bits per heavy atom. The van der Waals surface area contributed by atoms with Crippen LogP contribution >= 0.6 is 0 Å². The van der Waals surface area contributed by atoms with Gasteiger partial charge in [0.05, 0.1) is 0 Å². The third-order valence-corrected chi connectivity index (χ3v) is 1.34. The quantitative estimate of drug-likeness (QED) is 0.415. The lowest BCUT2D eigenvalue weighted by Crippen LogP contribution is -1.89. The fourth-order valence-corrected chi connectivity index (χ4v) is 0.884. The van der Waals surface area contributed by atoms with Crippen molar-refractivity contribution in [1.29, 1.82) is 0 Å². The highest BCUT2D eigenvalue weighted by atomic mass is 15.2. The van der Waals surface area contributed by atoms with Gasteiger partial charge in [-0.25, -0.2) is 4.70 Å². The maximum Gasteiger partial charge on any atom is 0.200 e. The van der Waals surface area contributed by atoms with E-state index >= 15 is 0 Å². The van der Waals surface area contributed by atoms with Gasteiger partial charge in [-0.15, -0.1) is 0 Å². The molecule has 0 amide bonds. The van der Waals surface area contributed by atoms with Gasteiger partial charge in [0.25, 0.3) is 0 Å². The van der Waals surface area contributed by atoms with Crippen LogP contribution in [0.25, 0.3) is 5.53 Å². The van der Waals surface area contributed by atoms with Crippen LogP contribution < -0.4 is 0 Å². The van der Waals surface area contributed by atoms with Crippen LogP contribution in [0.2, 0.25) is 0 Å². The van der Waals surface area contributed by atoms with Crippen LogP contribution in [0.1, 0.15) is 0 Å². The number of hydrogen-bond acceptors (Lipinski definition) is 0. The molecule has 0 saturated carbocycles. The highest BCUT2D eigenvalue weighted by Crippen LogP contribution is 2.23. The van der Waals surface area contributed by atoms with E-state index in [9.17, 15) is 0 Å². The summed E-state index contributed by atoms with van der Waals surface area (Å²) in [6.45, 7) is 0. The molecular weight excluding hydrogens is 100 g/mol. The van der Waals surface area contributed by atoms with E-state index in [2.05, 4.69) is 0 Å². The number of allylic oxidation sites excluding steroid dienone is 4. The zero-order valence-electron chi connectivity index (χ0n) is 4.20. The molecule has 0 radical (unpaired) electrons. The second kappa shape index (κ2) is 0.968. The molecule has 0 fully saturated rings. The summed E-state index contributed by atoms with van der Waals surface area (Å²) in [5.41, 5.74) is 10.7. The summed E-state index contributed by atoms with van der Waals surface area (Å²) in [6.07, 6.45) is 7.48. The summed E-state index contributed by atoms with van der Waals surface area (Å²) in [7, 11) is 0. The van der Waals surface area contributed by atoms with Crippen LogP contribution in [0.4, 0.5) is 0 Å². The minimum atomic E-state index is 0.861. The van der Waals surface area contributed by atoms with Gasteiger partial charge >= 0.3 is 0 Å². The van der Waals surface area contributed by atoms with Crippen LogP contribution in [-0.4, -0.2) is 4.70 Å². The number of nitrogens with zero attached hydrogens (tertiary/aromatic N) is 2. The van der Waals surface area contributed by atoms with Crippen LogP contribution in [0.3, 0.4) is 0 Å². The highest BCUT2D eigenvalue weighted by Gasteiger charge is 2.20. The standard InChI is InChI=1S/C6H4N2/c7-8-5-1-2-6(8)4-3-5/h1-4H. The molecule has 0 spiro atoms. The van der Waals surface area contributed by atoms with Crippen molar-refractivity contribution in [2.24, 2.45) is 0 Å². The first-order chi connectivity index (χ1) is 3.88. The summed E-state index contributed by atoms with van der Waals surface area (Å²) < 4.78 is 1.17. The van der Waals surface area contributed by atoms with E-state index in [4.69, 9.17) is 5.53 Å². The lowest BCUT2D eigenvalue weighted by Gasteiger charge is -1.90. The molecule has 38 valence electrons. The minimum absolute atomic E-state index is 0.861. The molecule has 0 unspecified atom stereocenters. The number of rotatable bonds is 0. The van der Waals surface area contributed by atoms with Gasteiger partial charge in [0, 0.05) is 24.3 Å². The number of fused-ring (bicyclic) bond motifs is 2. The van der Waals surface area contributed by atoms with Gasteiger partial charge in [0.1, 0.15) is 0 Å². The van der Waals surface area contributed by atoms with Crippen LogP contribution in [0.5, 0.6) is 0 Å². The summed E-state index contributed by atoms with van der Waals surface area (Å²) in [6, 6.07) is 0. The molecule has 2 aliphatic rings. The van der Waals surface area contributed by atoms with E-state index in [1.807, 2.05) is 24.3 Å². The van der Waals surface area contributed by atoms with Crippen LogP contribution in [-0.2, 0) is 0 Å². The molecule has 2 aliphatic heterocycles. The topological polar surface area (TPSA) is 25.3 Å². The SMILES string of the molecule is [N-]=[N+]1C2=CC=C1C=C2. The Morgan fingerprint density at radius 2 is 1.62 bits per heavy atom. The molecule has 0 aromatic heterocycles. The molecule has 0 aromatic carbocycles. The third kappa shape index (κ3) is 0.249. The van der Waals surface area contributed by atoms with Gasteiger partial charge in [-0.1, -0.05) is 0 Å². The van der Waals surface area contributed by atoms with Crippen molar-refractivity contribution in [2.45, 2.75) is 0 Å². The maximum atomic E-state index is 8.96. The zero-order valence-corrected chi connectivity index (χ0v) is 4.20. The maximum absolute atomic E-state index is 8.96. The lowest BCUT2D eigenvalue weighted by atomic mass is 10.3. The highest BCUT2D eigenvalue weighted by molar-refractivity contribution is 5.38. The Kier molecular flexibility index (Phi) is 0.457. The molecule has 0 atom stereocenters. The predicted molar refractivity (Wildman–Crippen MR) is 28.9 cm³/mol. The zero-order chi connectivity index (χ0) is 5.56. The minimum Gasteiger partial charge on any atom is -0.493 e. The lowest BCUT2D eigenvalue weighted by molar-refractivity contribution is -0.424. The molecule has 2 nitrogen and oxygen atoms in total. The first-order valence-electron chi connectivity index (χ1n) is 2.47. The predicted octanol–water partition coefficient (Wildman–Crippen LogP) is 1.37. The van der Waals surface area contributed by atoms with Crippen LogP contribution in [0, 0.1) is 0 Å². The van der Waals surface area contributed by atoms with E-state index in [0.29, 0.717) is 0 Å². The second-order valence-electron chi connectivity index (χ2n) is 1.83. The van der Waals surface area contributed by atoms with Gasteiger partial charge in [-0.05, 0) is 0 Å². The van der Waals surface area contributed by atoms with Crippen molar-refractivity contribution < 1.29 is 4.70 Å². The van der Waals surface area contributed by atoms with E-state index in [1.54, 1.807) is 0 Å². The van der Waals surface area contributed by atoms with Crippen molar-refractivity contribution in [2.75, 3.05) is 0 Å². The van der Waals surface area contributed by atoms with Crippen molar-refractivity contribution in [3.63, 3.8) is 0 Å². The molecule has 2 bridgehead atoms. The Morgan fingerprint density at radius 1 is 1.12 bits per heavy atom. The van der Waals surface area contributed by atoms with Gasteiger partial charge in [-0.3, -0.25) is 0 Å². The molecule has 0 saturated heterocycles. The van der Waals surface area contributed by atoms with Gasteiger partial charge < -0.3 is 5.53 Å². The Hall–Kier alpha value is -1.18. The molecular formula is C6H4N2. The monoisotopic (exact) mass is 104 g/mol. The Labute approximate surface area is 46.9 Å². The third-order valence-electron chi connectivity index (χ3n) is 1.34. The molecule has 2 rings (SSSR count). The van der Waals surface area contributed by atoms with E-state index in [1.165, 1.54) is 4.70 Å². The summed E-state index contributed by atoms with van der Waals surface area (Å²) in [5.74, 6) is 0. The average molecular weight is 104 g/mol. The smallest absolute Gasteiger partial charge is 0.200 e. The summed E-state index contributed by atoms with van der Waals surface area (Å²) in [5, 5.41) is 0. The van der Waals surface area contributed by atoms with Crippen molar-refractivity contribution in [1.82, 2.24) is 0 Å². The molecule has 0 N–H and O–H groups in total. The second-order valence-corrected chi connectivity index (χ2v) is 1.83. The molecule has 2 heterocycles. The first kappa shape index (κ1) is 3.78. The summed E-state index contributed by atoms with van der Waals surface area (Å²) >= 11 is 0. The Balaban J connectivity index is 2.73. The van der Waals surface area contributed by atoms with Crippen molar-refractivity contribution >= 4 is 0 Å². The average Bonchev–Trinajstić information content (AvgIpc) is 2.29. The molecule has 8 heavy (non-hydrogen) atoms. The van der Waals surface area contributed by atoms with E-state index < -0.39 is 0 Å². The molecule has 0 aliphatic carbocycles. The fourth-order valence-electron chi connectivity index (χ4n) is 0.884. The van der Waals surface area contributed by atoms with Crippen molar-refractivity contribution in [3.05, 3.63) is 41.2 Å². The molecule has 2 heteroatoms. The Bertz CT molecular complexity index is 219. The number of hydrogen-bond donors (Lipinski definition) is 0. The van der Waals surface area contributed by atoms with Gasteiger partial charge in [-0.2, -0.15) is 0 Å². The van der Waals surface area contributed by atoms with E-state index in [0.717, 1.165) is 11.4 Å². The van der Waals surface area contributed by atoms with Crippen LogP contribution in [0.15, 0.2) is 35.7 Å². The van der Waals surface area contributed by atoms with E-state index in [-0.39, 0.29) is 0 Å². The summed E-state index contributed by atoms with van der Waals surface area (Å²) in [4.78, 5) is 0. The first-order valence-corrected chi connectivity index (χ1v) is 2.47. The normalized spacial score (nSPS) is 21.8. The van der Waals surface area contributed by atoms with Gasteiger partial charge in [0.15, 0.2) is 11.4 Å². The molecule has 0 aromatic rings.